The maximum Gasteiger partial charge on any atom is 0.161 e. The fourth-order valence-electron chi connectivity index (χ4n) is 3.11. The first-order valence-electron chi connectivity index (χ1n) is 8.17. The maximum atomic E-state index is 4.79. The second-order valence-electron chi connectivity index (χ2n) is 6.00. The van der Waals surface area contributed by atoms with Crippen LogP contribution in [0.25, 0.3) is 11.4 Å². The molecule has 0 radical (unpaired) electrons. The predicted octanol–water partition coefficient (Wildman–Crippen LogP) is 3.71. The van der Waals surface area contributed by atoms with Gasteiger partial charge in [0.1, 0.15) is 5.82 Å². The Bertz CT molecular complexity index is 873. The molecule has 3 heterocycles. The molecule has 6 heteroatoms. The highest BCUT2D eigenvalue weighted by molar-refractivity contribution is 7.11. The van der Waals surface area contributed by atoms with Crippen molar-refractivity contribution in [2.24, 2.45) is 0 Å². The van der Waals surface area contributed by atoms with Gasteiger partial charge >= 0.3 is 0 Å². The SMILES string of the molecule is Cc1nc(CNc2nc(-c3ccncc3)nc3c2CCC3)c(C)s1. The van der Waals surface area contributed by atoms with Crippen molar-refractivity contribution in [3.05, 3.63) is 51.4 Å². The number of nitrogens with zero attached hydrogens (tertiary/aromatic N) is 4. The number of nitrogens with one attached hydrogen (secondary N) is 1. The highest BCUT2D eigenvalue weighted by Gasteiger charge is 2.20. The normalized spacial score (nSPS) is 13.1. The van der Waals surface area contributed by atoms with Crippen molar-refractivity contribution in [1.29, 1.82) is 0 Å². The van der Waals surface area contributed by atoms with Gasteiger partial charge in [0, 0.05) is 34.1 Å². The Balaban J connectivity index is 1.67. The average molecular weight is 337 g/mol. The number of aryl methyl sites for hydroxylation is 3. The Kier molecular flexibility index (Phi) is 3.98. The third-order valence-electron chi connectivity index (χ3n) is 4.29. The van der Waals surface area contributed by atoms with Crippen molar-refractivity contribution in [1.82, 2.24) is 19.9 Å². The fourth-order valence-corrected chi connectivity index (χ4v) is 3.95. The number of hydrogen-bond acceptors (Lipinski definition) is 6. The Morgan fingerprint density at radius 3 is 2.67 bits per heavy atom. The molecule has 0 spiro atoms. The Morgan fingerprint density at radius 2 is 1.92 bits per heavy atom. The summed E-state index contributed by atoms with van der Waals surface area (Å²) in [5, 5.41) is 4.61. The van der Waals surface area contributed by atoms with Crippen molar-refractivity contribution >= 4 is 17.2 Å². The molecule has 1 N–H and O–H groups in total. The molecule has 122 valence electrons. The summed E-state index contributed by atoms with van der Waals surface area (Å²) in [7, 11) is 0. The van der Waals surface area contributed by atoms with E-state index in [0.717, 1.165) is 47.2 Å². The van der Waals surface area contributed by atoms with Crippen LogP contribution in [0.5, 0.6) is 0 Å². The molecule has 24 heavy (non-hydrogen) atoms. The molecule has 0 bridgehead atoms. The molecule has 1 aliphatic carbocycles. The molecule has 3 aromatic heterocycles. The van der Waals surface area contributed by atoms with Gasteiger partial charge in [0.05, 0.1) is 17.2 Å². The van der Waals surface area contributed by atoms with Gasteiger partial charge in [-0.1, -0.05) is 0 Å². The number of hydrogen-bond donors (Lipinski definition) is 1. The molecule has 0 fully saturated rings. The zero-order chi connectivity index (χ0) is 16.5. The van der Waals surface area contributed by atoms with Crippen LogP contribution >= 0.6 is 11.3 Å². The lowest BCUT2D eigenvalue weighted by molar-refractivity contribution is 0.899. The second kappa shape index (κ2) is 6.28. The summed E-state index contributed by atoms with van der Waals surface area (Å²) in [6, 6.07) is 3.91. The van der Waals surface area contributed by atoms with Crippen LogP contribution < -0.4 is 5.32 Å². The van der Waals surface area contributed by atoms with Crippen molar-refractivity contribution in [2.45, 2.75) is 39.7 Å². The molecule has 4 rings (SSSR count). The number of pyridine rings is 1. The van der Waals surface area contributed by atoms with Crippen LogP contribution in [0.4, 0.5) is 5.82 Å². The molecule has 0 unspecified atom stereocenters. The lowest BCUT2D eigenvalue weighted by Crippen LogP contribution is -2.08. The van der Waals surface area contributed by atoms with Crippen molar-refractivity contribution in [2.75, 3.05) is 5.32 Å². The van der Waals surface area contributed by atoms with E-state index in [9.17, 15) is 0 Å². The molecule has 0 saturated heterocycles. The summed E-state index contributed by atoms with van der Waals surface area (Å²) < 4.78 is 0. The van der Waals surface area contributed by atoms with Gasteiger partial charge in [-0.2, -0.15) is 0 Å². The largest absolute Gasteiger partial charge is 0.364 e. The number of rotatable bonds is 4. The molecule has 0 aromatic carbocycles. The van der Waals surface area contributed by atoms with Crippen LogP contribution in [0, 0.1) is 13.8 Å². The van der Waals surface area contributed by atoms with Crippen molar-refractivity contribution < 1.29 is 0 Å². The quantitative estimate of drug-likeness (QED) is 0.786. The van der Waals surface area contributed by atoms with Gasteiger partial charge in [-0.15, -0.1) is 11.3 Å². The monoisotopic (exact) mass is 337 g/mol. The van der Waals surface area contributed by atoms with Crippen LogP contribution in [-0.2, 0) is 19.4 Å². The Morgan fingerprint density at radius 1 is 1.08 bits per heavy atom. The summed E-state index contributed by atoms with van der Waals surface area (Å²) >= 11 is 1.74. The van der Waals surface area contributed by atoms with Gasteiger partial charge in [0.2, 0.25) is 0 Å². The van der Waals surface area contributed by atoms with E-state index in [1.807, 2.05) is 19.1 Å². The molecule has 0 aliphatic heterocycles. The van der Waals surface area contributed by atoms with E-state index in [4.69, 9.17) is 9.97 Å². The summed E-state index contributed by atoms with van der Waals surface area (Å²) in [5.74, 6) is 1.72. The zero-order valence-corrected chi connectivity index (χ0v) is 14.7. The van der Waals surface area contributed by atoms with E-state index in [1.165, 1.54) is 16.1 Å². The predicted molar refractivity (Wildman–Crippen MR) is 96.2 cm³/mol. The first-order chi connectivity index (χ1) is 11.7. The lowest BCUT2D eigenvalue weighted by Gasteiger charge is -2.12. The highest BCUT2D eigenvalue weighted by atomic mass is 32.1. The van der Waals surface area contributed by atoms with Gasteiger partial charge in [0.25, 0.3) is 0 Å². The first-order valence-corrected chi connectivity index (χ1v) is 8.99. The van der Waals surface area contributed by atoms with Gasteiger partial charge in [-0.05, 0) is 45.2 Å². The Hall–Kier alpha value is -2.34. The van der Waals surface area contributed by atoms with Gasteiger partial charge in [-0.3, -0.25) is 4.98 Å². The topological polar surface area (TPSA) is 63.6 Å². The zero-order valence-electron chi connectivity index (χ0n) is 13.8. The van der Waals surface area contributed by atoms with E-state index < -0.39 is 0 Å². The lowest BCUT2D eigenvalue weighted by atomic mass is 10.2. The smallest absolute Gasteiger partial charge is 0.161 e. The first kappa shape index (κ1) is 15.2. The fraction of sp³-hybridized carbons (Fsp3) is 0.333. The average Bonchev–Trinajstić information content (AvgIpc) is 3.19. The molecular formula is C18H19N5S. The minimum Gasteiger partial charge on any atom is -0.364 e. The van der Waals surface area contributed by atoms with Crippen LogP contribution in [0.2, 0.25) is 0 Å². The van der Waals surface area contributed by atoms with Crippen molar-refractivity contribution in [3.8, 4) is 11.4 Å². The van der Waals surface area contributed by atoms with Crippen LogP contribution in [0.1, 0.15) is 33.3 Å². The van der Waals surface area contributed by atoms with Crippen molar-refractivity contribution in [3.63, 3.8) is 0 Å². The summed E-state index contributed by atoms with van der Waals surface area (Å²) in [5.41, 5.74) is 4.54. The molecule has 0 amide bonds. The third-order valence-corrected chi connectivity index (χ3v) is 5.22. The molecule has 0 atom stereocenters. The molecule has 5 nitrogen and oxygen atoms in total. The number of aromatic nitrogens is 4. The number of fused-ring (bicyclic) bond motifs is 1. The van der Waals surface area contributed by atoms with E-state index in [-0.39, 0.29) is 0 Å². The number of thiazole rings is 1. The molecular weight excluding hydrogens is 318 g/mol. The molecule has 0 saturated carbocycles. The summed E-state index contributed by atoms with van der Waals surface area (Å²) in [4.78, 5) is 19.5. The van der Waals surface area contributed by atoms with E-state index in [2.05, 4.69) is 22.2 Å². The van der Waals surface area contributed by atoms with Crippen LogP contribution in [0.3, 0.4) is 0 Å². The van der Waals surface area contributed by atoms with Gasteiger partial charge in [0.15, 0.2) is 5.82 Å². The van der Waals surface area contributed by atoms with Gasteiger partial charge < -0.3 is 5.32 Å². The minimum atomic E-state index is 0.704. The maximum absolute atomic E-state index is 4.79. The summed E-state index contributed by atoms with van der Waals surface area (Å²) in [6.45, 7) is 4.87. The van der Waals surface area contributed by atoms with Crippen LogP contribution in [0.15, 0.2) is 24.5 Å². The molecule has 3 aromatic rings. The second-order valence-corrected chi connectivity index (χ2v) is 7.41. The highest BCUT2D eigenvalue weighted by Crippen LogP contribution is 2.29. The van der Waals surface area contributed by atoms with E-state index in [1.54, 1.807) is 23.7 Å². The van der Waals surface area contributed by atoms with E-state index in [0.29, 0.717) is 6.54 Å². The van der Waals surface area contributed by atoms with Crippen LogP contribution in [-0.4, -0.2) is 19.9 Å². The van der Waals surface area contributed by atoms with E-state index >= 15 is 0 Å². The third kappa shape index (κ3) is 2.89. The molecule has 1 aliphatic rings. The Labute approximate surface area is 145 Å². The number of anilines is 1. The minimum absolute atomic E-state index is 0.704. The standard InChI is InChI=1S/C18H19N5S/c1-11-16(21-12(2)24-11)10-20-18-14-4-3-5-15(14)22-17(23-18)13-6-8-19-9-7-13/h6-9H,3-5,10H2,1-2H3,(H,20,22,23). The van der Waals surface area contributed by atoms with Gasteiger partial charge in [-0.25, -0.2) is 15.0 Å². The summed E-state index contributed by atoms with van der Waals surface area (Å²) in [6.07, 6.45) is 6.77.